The Morgan fingerprint density at radius 3 is 2.62 bits per heavy atom. The van der Waals surface area contributed by atoms with Gasteiger partial charge >= 0.3 is 5.97 Å². The van der Waals surface area contributed by atoms with Crippen molar-refractivity contribution in [3.8, 4) is 0 Å². The lowest BCUT2D eigenvalue weighted by atomic mass is 10.1. The van der Waals surface area contributed by atoms with Gasteiger partial charge in [-0.25, -0.2) is 5.11 Å². The van der Waals surface area contributed by atoms with Crippen LogP contribution in [-0.2, 0) is 14.6 Å². The van der Waals surface area contributed by atoms with Crippen molar-refractivity contribution < 1.29 is 14.6 Å². The molecule has 0 aromatic heterocycles. The van der Waals surface area contributed by atoms with Gasteiger partial charge in [-0.1, -0.05) is 26.7 Å². The summed E-state index contributed by atoms with van der Waals surface area (Å²) in [6, 6.07) is 0. The molecule has 0 aromatic carbocycles. The Kier molecular flexibility index (Phi) is 7.69. The average molecular weight is 187 g/mol. The molecule has 3 nitrogen and oxygen atoms in total. The van der Waals surface area contributed by atoms with Crippen LogP contribution in [0.2, 0.25) is 0 Å². The fraction of sp³-hybridized carbons (Fsp3) is 0.900. The van der Waals surface area contributed by atoms with Crippen LogP contribution in [0.15, 0.2) is 0 Å². The third-order valence-electron chi connectivity index (χ3n) is 1.93. The van der Waals surface area contributed by atoms with Crippen molar-refractivity contribution in [2.45, 2.75) is 39.5 Å². The number of esters is 1. The van der Waals surface area contributed by atoms with Crippen molar-refractivity contribution in [2.24, 2.45) is 5.92 Å². The smallest absolute Gasteiger partial charge is 0.308 e. The van der Waals surface area contributed by atoms with Gasteiger partial charge in [0.2, 0.25) is 0 Å². The molecule has 0 N–H and O–H groups in total. The predicted molar refractivity (Wildman–Crippen MR) is 49.8 cm³/mol. The number of hydrogen-bond donors (Lipinski definition) is 0. The molecule has 77 valence electrons. The monoisotopic (exact) mass is 187 g/mol. The number of ether oxygens (including phenoxy) is 1. The normalized spacial score (nSPS) is 12.5. The molecule has 0 saturated heterocycles. The van der Waals surface area contributed by atoms with Gasteiger partial charge in [0.1, 0.15) is 0 Å². The largest absolute Gasteiger partial charge is 0.465 e. The maximum atomic E-state index is 11.2. The summed E-state index contributed by atoms with van der Waals surface area (Å²) in [6.45, 7) is 4.07. The van der Waals surface area contributed by atoms with Crippen LogP contribution in [-0.4, -0.2) is 19.2 Å². The molecule has 1 radical (unpaired) electrons. The summed E-state index contributed by atoms with van der Waals surface area (Å²) >= 11 is 0. The molecule has 0 aromatic rings. The molecule has 1 unspecified atom stereocenters. The van der Waals surface area contributed by atoms with Crippen molar-refractivity contribution in [2.75, 3.05) is 13.2 Å². The minimum atomic E-state index is -0.170. The quantitative estimate of drug-likeness (QED) is 0.453. The van der Waals surface area contributed by atoms with Crippen LogP contribution in [0.1, 0.15) is 39.5 Å². The summed E-state index contributed by atoms with van der Waals surface area (Å²) < 4.78 is 4.90. The molecule has 3 heteroatoms. The molecule has 0 aliphatic rings. The molecule has 13 heavy (non-hydrogen) atoms. The fourth-order valence-electron chi connectivity index (χ4n) is 1.00. The molecule has 0 heterocycles. The van der Waals surface area contributed by atoms with Crippen LogP contribution < -0.4 is 0 Å². The molecule has 0 rings (SSSR count). The predicted octanol–water partition coefficient (Wildman–Crippen LogP) is 2.18. The Bertz CT molecular complexity index is 134. The van der Waals surface area contributed by atoms with Crippen molar-refractivity contribution in [3.05, 3.63) is 0 Å². The molecular weight excluding hydrogens is 168 g/mol. The lowest BCUT2D eigenvalue weighted by molar-refractivity contribution is -0.148. The molecule has 1 atom stereocenters. The van der Waals surface area contributed by atoms with Gasteiger partial charge in [-0.3, -0.25) is 4.79 Å². The first-order valence-electron chi connectivity index (χ1n) is 4.97. The van der Waals surface area contributed by atoms with Gasteiger partial charge in [0.25, 0.3) is 0 Å². The van der Waals surface area contributed by atoms with Crippen LogP contribution in [0.5, 0.6) is 0 Å². The van der Waals surface area contributed by atoms with E-state index >= 15 is 0 Å². The van der Waals surface area contributed by atoms with Gasteiger partial charge in [0, 0.05) is 6.42 Å². The Morgan fingerprint density at radius 2 is 2.08 bits per heavy atom. The van der Waals surface area contributed by atoms with Gasteiger partial charge in [-0.15, -0.1) is 0 Å². The first-order valence-corrected chi connectivity index (χ1v) is 4.97. The highest BCUT2D eigenvalue weighted by Crippen LogP contribution is 2.09. The topological polar surface area (TPSA) is 46.2 Å². The Hall–Kier alpha value is -0.570. The lowest BCUT2D eigenvalue weighted by Crippen LogP contribution is -2.15. The van der Waals surface area contributed by atoms with Gasteiger partial charge in [0.05, 0.1) is 19.1 Å². The van der Waals surface area contributed by atoms with Crippen molar-refractivity contribution in [1.82, 2.24) is 0 Å². The van der Waals surface area contributed by atoms with E-state index in [0.29, 0.717) is 6.42 Å². The number of rotatable bonds is 7. The van der Waals surface area contributed by atoms with Crippen LogP contribution in [0.4, 0.5) is 0 Å². The van der Waals surface area contributed by atoms with Gasteiger partial charge in [-0.05, 0) is 6.42 Å². The third-order valence-corrected chi connectivity index (χ3v) is 1.93. The first kappa shape index (κ1) is 12.4. The Balaban J connectivity index is 3.45. The molecule has 0 fully saturated rings. The maximum absolute atomic E-state index is 11.2. The van der Waals surface area contributed by atoms with Crippen LogP contribution in [0.3, 0.4) is 0 Å². The minimum absolute atomic E-state index is 0.0217. The van der Waals surface area contributed by atoms with E-state index in [1.165, 1.54) is 0 Å². The SMILES string of the molecule is CCCCC(C)C(=O)OCCC[O]. The summed E-state index contributed by atoms with van der Waals surface area (Å²) in [6.07, 6.45) is 3.45. The zero-order chi connectivity index (χ0) is 10.1. The Labute approximate surface area is 80.1 Å². The van der Waals surface area contributed by atoms with Gasteiger partial charge < -0.3 is 4.74 Å². The van der Waals surface area contributed by atoms with E-state index in [-0.39, 0.29) is 25.1 Å². The van der Waals surface area contributed by atoms with Crippen LogP contribution in [0.25, 0.3) is 0 Å². The Morgan fingerprint density at radius 1 is 1.38 bits per heavy atom. The second-order valence-electron chi connectivity index (χ2n) is 3.27. The molecule has 0 aliphatic heterocycles. The minimum Gasteiger partial charge on any atom is -0.465 e. The van der Waals surface area contributed by atoms with E-state index in [2.05, 4.69) is 6.92 Å². The summed E-state index contributed by atoms with van der Waals surface area (Å²) in [7, 11) is 0. The van der Waals surface area contributed by atoms with Crippen molar-refractivity contribution in [1.29, 1.82) is 0 Å². The van der Waals surface area contributed by atoms with Gasteiger partial charge in [-0.2, -0.15) is 0 Å². The molecule has 0 bridgehead atoms. The van der Waals surface area contributed by atoms with Crippen LogP contribution >= 0.6 is 0 Å². The van der Waals surface area contributed by atoms with E-state index < -0.39 is 0 Å². The van der Waals surface area contributed by atoms with E-state index in [0.717, 1.165) is 19.3 Å². The van der Waals surface area contributed by atoms with E-state index in [4.69, 9.17) is 4.74 Å². The highest BCUT2D eigenvalue weighted by atomic mass is 16.5. The summed E-state index contributed by atoms with van der Waals surface area (Å²) in [5.41, 5.74) is 0. The first-order chi connectivity index (χ1) is 6.22. The molecule has 0 aliphatic carbocycles. The second kappa shape index (κ2) is 8.05. The lowest BCUT2D eigenvalue weighted by Gasteiger charge is -2.09. The molecule has 0 amide bonds. The van der Waals surface area contributed by atoms with Crippen LogP contribution in [0, 0.1) is 5.92 Å². The zero-order valence-corrected chi connectivity index (χ0v) is 8.54. The summed E-state index contributed by atoms with van der Waals surface area (Å²) in [5, 5.41) is 10.1. The van der Waals surface area contributed by atoms with E-state index in [9.17, 15) is 9.90 Å². The zero-order valence-electron chi connectivity index (χ0n) is 8.54. The number of carbonyl (C=O) groups excluding carboxylic acids is 1. The summed E-state index contributed by atoms with van der Waals surface area (Å²) in [4.78, 5) is 11.2. The van der Waals surface area contributed by atoms with Gasteiger partial charge in [0.15, 0.2) is 0 Å². The molecular formula is C10H19O3. The highest BCUT2D eigenvalue weighted by molar-refractivity contribution is 5.71. The molecule has 0 spiro atoms. The number of hydrogen-bond acceptors (Lipinski definition) is 2. The number of unbranched alkanes of at least 4 members (excludes halogenated alkanes) is 1. The standard InChI is InChI=1S/C10H19O3/c1-3-4-6-9(2)10(12)13-8-5-7-11/h9H,3-8H2,1-2H3. The highest BCUT2D eigenvalue weighted by Gasteiger charge is 2.12. The molecule has 0 saturated carbocycles. The fourth-order valence-corrected chi connectivity index (χ4v) is 1.00. The summed E-state index contributed by atoms with van der Waals surface area (Å²) in [5.74, 6) is -0.187. The third kappa shape index (κ3) is 6.58. The second-order valence-corrected chi connectivity index (χ2v) is 3.27. The van der Waals surface area contributed by atoms with E-state index in [1.807, 2.05) is 6.92 Å². The number of carbonyl (C=O) groups is 1. The van der Waals surface area contributed by atoms with E-state index in [1.54, 1.807) is 0 Å². The average Bonchev–Trinajstić information content (AvgIpc) is 2.14. The van der Waals surface area contributed by atoms with Crippen molar-refractivity contribution in [3.63, 3.8) is 0 Å². The van der Waals surface area contributed by atoms with Crippen molar-refractivity contribution >= 4 is 5.97 Å². The maximum Gasteiger partial charge on any atom is 0.308 e.